The van der Waals surface area contributed by atoms with E-state index >= 15 is 0 Å². The van der Waals surface area contributed by atoms with Crippen molar-refractivity contribution in [3.63, 3.8) is 0 Å². The normalized spacial score (nSPS) is 10.6. The van der Waals surface area contributed by atoms with Crippen molar-refractivity contribution < 1.29 is 4.39 Å². The summed E-state index contributed by atoms with van der Waals surface area (Å²) in [4.78, 5) is 0. The molecule has 0 aliphatic rings. The average Bonchev–Trinajstić information content (AvgIpc) is 2.28. The number of benzene rings is 2. The number of rotatable bonds is 2. The molecule has 2 heteroatoms. The summed E-state index contributed by atoms with van der Waals surface area (Å²) in [5, 5.41) is 0.187. The van der Waals surface area contributed by atoms with Crippen LogP contribution in [0.1, 0.15) is 22.3 Å². The molecule has 0 aliphatic carbocycles. The number of aryl methyl sites for hydroxylation is 2. The van der Waals surface area contributed by atoms with Gasteiger partial charge in [0.05, 0.1) is 5.02 Å². The Hall–Kier alpha value is -1.34. The standard InChI is InChI=1S/C15H14ClF/c1-10-6-7-12(11(2)8-10)9-13-4-3-5-14(16)15(13)17/h3-8H,9H2,1-2H3. The maximum absolute atomic E-state index is 13.8. The van der Waals surface area contributed by atoms with Crippen LogP contribution in [0.15, 0.2) is 36.4 Å². The van der Waals surface area contributed by atoms with Gasteiger partial charge in [0.1, 0.15) is 5.82 Å². The molecule has 2 aromatic carbocycles. The lowest BCUT2D eigenvalue weighted by Crippen LogP contribution is -1.96. The third-order valence-electron chi connectivity index (χ3n) is 2.91. The lowest BCUT2D eigenvalue weighted by Gasteiger charge is -2.08. The van der Waals surface area contributed by atoms with Crippen molar-refractivity contribution in [2.24, 2.45) is 0 Å². The number of hydrogen-bond donors (Lipinski definition) is 0. The summed E-state index contributed by atoms with van der Waals surface area (Å²) in [5.74, 6) is -0.311. The summed E-state index contributed by atoms with van der Waals surface area (Å²) in [6.45, 7) is 4.10. The van der Waals surface area contributed by atoms with Crippen LogP contribution in [-0.4, -0.2) is 0 Å². The highest BCUT2D eigenvalue weighted by Gasteiger charge is 2.08. The van der Waals surface area contributed by atoms with Crippen molar-refractivity contribution >= 4 is 11.6 Å². The molecular formula is C15H14ClF. The van der Waals surface area contributed by atoms with E-state index in [0.29, 0.717) is 12.0 Å². The lowest BCUT2D eigenvalue weighted by molar-refractivity contribution is 0.614. The van der Waals surface area contributed by atoms with Crippen molar-refractivity contribution in [1.82, 2.24) is 0 Å². The summed E-state index contributed by atoms with van der Waals surface area (Å²) >= 11 is 5.77. The first-order valence-electron chi connectivity index (χ1n) is 5.57. The molecule has 0 amide bonds. The Bertz CT molecular complexity index is 547. The quantitative estimate of drug-likeness (QED) is 0.724. The zero-order chi connectivity index (χ0) is 12.4. The van der Waals surface area contributed by atoms with Gasteiger partial charge in [-0.2, -0.15) is 0 Å². The van der Waals surface area contributed by atoms with Crippen molar-refractivity contribution in [1.29, 1.82) is 0 Å². The van der Waals surface area contributed by atoms with Gasteiger partial charge in [-0.3, -0.25) is 0 Å². The average molecular weight is 249 g/mol. The Kier molecular flexibility index (Phi) is 3.49. The summed E-state index contributed by atoms with van der Waals surface area (Å²) in [6, 6.07) is 11.3. The van der Waals surface area contributed by atoms with Gasteiger partial charge < -0.3 is 0 Å². The van der Waals surface area contributed by atoms with Crippen LogP contribution >= 0.6 is 11.6 Å². The van der Waals surface area contributed by atoms with Gasteiger partial charge in [0, 0.05) is 6.42 Å². The van der Waals surface area contributed by atoms with Gasteiger partial charge in [-0.05, 0) is 36.6 Å². The van der Waals surface area contributed by atoms with Crippen LogP contribution in [0.2, 0.25) is 5.02 Å². The molecule has 0 aromatic heterocycles. The van der Waals surface area contributed by atoms with Crippen molar-refractivity contribution in [2.75, 3.05) is 0 Å². The fourth-order valence-corrected chi connectivity index (χ4v) is 2.13. The Balaban J connectivity index is 2.35. The molecular weight excluding hydrogens is 235 g/mol. The van der Waals surface area contributed by atoms with Crippen LogP contribution in [0, 0.1) is 19.7 Å². The largest absolute Gasteiger partial charge is 0.205 e. The van der Waals surface area contributed by atoms with E-state index in [2.05, 4.69) is 13.0 Å². The zero-order valence-electron chi connectivity index (χ0n) is 9.93. The van der Waals surface area contributed by atoms with E-state index in [-0.39, 0.29) is 10.8 Å². The maximum atomic E-state index is 13.8. The van der Waals surface area contributed by atoms with Crippen LogP contribution < -0.4 is 0 Å². The minimum Gasteiger partial charge on any atom is -0.205 e. The second-order valence-electron chi connectivity index (χ2n) is 4.32. The Morgan fingerprint density at radius 3 is 2.53 bits per heavy atom. The number of halogens is 2. The second kappa shape index (κ2) is 4.89. The Morgan fingerprint density at radius 2 is 1.82 bits per heavy atom. The molecule has 88 valence electrons. The van der Waals surface area contributed by atoms with Gasteiger partial charge in [0.25, 0.3) is 0 Å². The van der Waals surface area contributed by atoms with E-state index in [9.17, 15) is 4.39 Å². The van der Waals surface area contributed by atoms with Gasteiger partial charge in [-0.1, -0.05) is 47.5 Å². The topological polar surface area (TPSA) is 0 Å². The first-order chi connectivity index (χ1) is 8.08. The lowest BCUT2D eigenvalue weighted by atomic mass is 9.99. The summed E-state index contributed by atoms with van der Waals surface area (Å²) in [6.07, 6.45) is 0.582. The van der Waals surface area contributed by atoms with Crippen LogP contribution in [0.25, 0.3) is 0 Å². The second-order valence-corrected chi connectivity index (χ2v) is 4.73. The third-order valence-corrected chi connectivity index (χ3v) is 3.20. The molecule has 0 bridgehead atoms. The molecule has 0 unspecified atom stereocenters. The molecule has 0 nitrogen and oxygen atoms in total. The van der Waals surface area contributed by atoms with E-state index in [0.717, 1.165) is 5.56 Å². The maximum Gasteiger partial charge on any atom is 0.145 e. The highest BCUT2D eigenvalue weighted by molar-refractivity contribution is 6.30. The molecule has 0 atom stereocenters. The summed E-state index contributed by atoms with van der Waals surface area (Å²) in [5.41, 5.74) is 4.18. The number of hydrogen-bond acceptors (Lipinski definition) is 0. The molecule has 0 heterocycles. The highest BCUT2D eigenvalue weighted by atomic mass is 35.5. The molecule has 0 N–H and O–H groups in total. The van der Waals surface area contributed by atoms with Gasteiger partial charge in [-0.15, -0.1) is 0 Å². The predicted octanol–water partition coefficient (Wildman–Crippen LogP) is 4.69. The predicted molar refractivity (Wildman–Crippen MR) is 70.1 cm³/mol. The van der Waals surface area contributed by atoms with E-state index in [1.165, 1.54) is 11.1 Å². The fourth-order valence-electron chi connectivity index (χ4n) is 1.93. The van der Waals surface area contributed by atoms with Crippen molar-refractivity contribution in [3.8, 4) is 0 Å². The van der Waals surface area contributed by atoms with Crippen LogP contribution in [-0.2, 0) is 6.42 Å². The van der Waals surface area contributed by atoms with Crippen LogP contribution in [0.4, 0.5) is 4.39 Å². The van der Waals surface area contributed by atoms with Crippen molar-refractivity contribution in [2.45, 2.75) is 20.3 Å². The van der Waals surface area contributed by atoms with Crippen LogP contribution in [0.3, 0.4) is 0 Å². The Morgan fingerprint density at radius 1 is 1.06 bits per heavy atom. The molecule has 2 rings (SSSR count). The van der Waals surface area contributed by atoms with E-state index in [1.807, 2.05) is 19.1 Å². The Labute approximate surface area is 106 Å². The summed E-state index contributed by atoms with van der Waals surface area (Å²) in [7, 11) is 0. The van der Waals surface area contributed by atoms with Gasteiger partial charge in [0.2, 0.25) is 0 Å². The minimum atomic E-state index is -0.311. The molecule has 2 aromatic rings. The minimum absolute atomic E-state index is 0.187. The first kappa shape index (κ1) is 12.1. The molecule has 0 radical (unpaired) electrons. The highest BCUT2D eigenvalue weighted by Crippen LogP contribution is 2.22. The smallest absolute Gasteiger partial charge is 0.145 e. The first-order valence-corrected chi connectivity index (χ1v) is 5.95. The van der Waals surface area contributed by atoms with E-state index < -0.39 is 0 Å². The molecule has 17 heavy (non-hydrogen) atoms. The molecule has 0 aliphatic heterocycles. The summed E-state index contributed by atoms with van der Waals surface area (Å²) < 4.78 is 13.8. The fraction of sp³-hybridized carbons (Fsp3) is 0.200. The van der Waals surface area contributed by atoms with Crippen molar-refractivity contribution in [3.05, 3.63) is 69.5 Å². The van der Waals surface area contributed by atoms with E-state index in [1.54, 1.807) is 18.2 Å². The third kappa shape index (κ3) is 2.67. The molecule has 0 saturated carbocycles. The molecule has 0 saturated heterocycles. The van der Waals surface area contributed by atoms with E-state index in [4.69, 9.17) is 11.6 Å². The van der Waals surface area contributed by atoms with Gasteiger partial charge in [0.15, 0.2) is 0 Å². The zero-order valence-corrected chi connectivity index (χ0v) is 10.7. The van der Waals surface area contributed by atoms with Gasteiger partial charge >= 0.3 is 0 Å². The monoisotopic (exact) mass is 248 g/mol. The molecule has 0 spiro atoms. The SMILES string of the molecule is Cc1ccc(Cc2cccc(Cl)c2F)c(C)c1. The van der Waals surface area contributed by atoms with Crippen LogP contribution in [0.5, 0.6) is 0 Å². The van der Waals surface area contributed by atoms with Gasteiger partial charge in [-0.25, -0.2) is 4.39 Å². The molecule has 0 fully saturated rings.